The van der Waals surface area contributed by atoms with Crippen LogP contribution in [0.4, 0.5) is 10.6 Å². The summed E-state index contributed by atoms with van der Waals surface area (Å²) < 4.78 is 5.43. The lowest BCUT2D eigenvalue weighted by molar-refractivity contribution is 0.0184. The van der Waals surface area contributed by atoms with Crippen LogP contribution in [0.3, 0.4) is 0 Å². The number of aromatic nitrogens is 1. The van der Waals surface area contributed by atoms with Crippen LogP contribution in [-0.2, 0) is 11.2 Å². The Kier molecular flexibility index (Phi) is 4.94. The number of carbonyl (C=O) groups excluding carboxylic acids is 1. The van der Waals surface area contributed by atoms with Crippen molar-refractivity contribution in [3.63, 3.8) is 0 Å². The number of anilines is 1. The first-order valence-electron chi connectivity index (χ1n) is 7.94. The maximum Gasteiger partial charge on any atom is 0.410 e. The van der Waals surface area contributed by atoms with Crippen molar-refractivity contribution in [2.75, 3.05) is 18.8 Å². The largest absolute Gasteiger partial charge is 0.444 e. The van der Waals surface area contributed by atoms with Gasteiger partial charge in [-0.2, -0.15) is 0 Å². The number of carbonyl (C=O) groups is 1. The summed E-state index contributed by atoms with van der Waals surface area (Å²) in [5.74, 6) is 1.16. The Labute approximate surface area is 132 Å². The Hall–Kier alpha value is -1.78. The lowest BCUT2D eigenvalue weighted by atomic mass is 9.90. The van der Waals surface area contributed by atoms with Crippen molar-refractivity contribution in [3.8, 4) is 0 Å². The maximum absolute atomic E-state index is 12.1. The van der Waals surface area contributed by atoms with Gasteiger partial charge in [-0.3, -0.25) is 0 Å². The average molecular weight is 305 g/mol. The Bertz CT molecular complexity index is 529. The smallest absolute Gasteiger partial charge is 0.410 e. The molecular weight excluding hydrogens is 278 g/mol. The van der Waals surface area contributed by atoms with Crippen molar-refractivity contribution < 1.29 is 9.53 Å². The van der Waals surface area contributed by atoms with Crippen molar-refractivity contribution in [2.45, 2.75) is 52.6 Å². The summed E-state index contributed by atoms with van der Waals surface area (Å²) in [6, 6.07) is 3.93. The number of hydrogen-bond donors (Lipinski definition) is 1. The second-order valence-electron chi connectivity index (χ2n) is 7.10. The van der Waals surface area contributed by atoms with Gasteiger partial charge in [-0.1, -0.05) is 6.07 Å². The molecule has 122 valence electrons. The van der Waals surface area contributed by atoms with Gasteiger partial charge < -0.3 is 15.4 Å². The van der Waals surface area contributed by atoms with Gasteiger partial charge in [-0.05, 0) is 64.5 Å². The molecule has 5 nitrogen and oxygen atoms in total. The van der Waals surface area contributed by atoms with Crippen LogP contribution in [-0.4, -0.2) is 34.7 Å². The van der Waals surface area contributed by atoms with Crippen LogP contribution in [0.2, 0.25) is 0 Å². The number of piperidine rings is 1. The van der Waals surface area contributed by atoms with Crippen molar-refractivity contribution in [1.82, 2.24) is 9.88 Å². The number of nitrogen functional groups attached to an aromatic ring is 1. The van der Waals surface area contributed by atoms with Gasteiger partial charge in [-0.25, -0.2) is 9.78 Å². The lowest BCUT2D eigenvalue weighted by Gasteiger charge is -2.33. The van der Waals surface area contributed by atoms with E-state index in [9.17, 15) is 4.79 Å². The third-order valence-corrected chi connectivity index (χ3v) is 3.99. The van der Waals surface area contributed by atoms with E-state index < -0.39 is 5.60 Å². The van der Waals surface area contributed by atoms with Crippen LogP contribution < -0.4 is 5.73 Å². The van der Waals surface area contributed by atoms with Gasteiger partial charge in [-0.15, -0.1) is 0 Å². The second kappa shape index (κ2) is 6.55. The van der Waals surface area contributed by atoms with Crippen LogP contribution in [0.15, 0.2) is 12.1 Å². The van der Waals surface area contributed by atoms with Crippen molar-refractivity contribution in [2.24, 2.45) is 5.92 Å². The predicted molar refractivity (Wildman–Crippen MR) is 87.6 cm³/mol. The lowest BCUT2D eigenvalue weighted by Crippen LogP contribution is -2.42. The van der Waals surface area contributed by atoms with E-state index in [0.29, 0.717) is 11.7 Å². The quantitative estimate of drug-likeness (QED) is 0.911. The Morgan fingerprint density at radius 3 is 2.55 bits per heavy atom. The molecule has 1 aliphatic heterocycles. The van der Waals surface area contributed by atoms with Crippen molar-refractivity contribution in [3.05, 3.63) is 23.4 Å². The highest BCUT2D eigenvalue weighted by molar-refractivity contribution is 5.68. The number of likely N-dealkylation sites (tertiary alicyclic amines) is 1. The van der Waals surface area contributed by atoms with E-state index in [0.717, 1.165) is 38.0 Å². The molecule has 5 heteroatoms. The molecule has 1 aromatic heterocycles. The molecule has 0 aromatic carbocycles. The third-order valence-electron chi connectivity index (χ3n) is 3.99. The second-order valence-corrected chi connectivity index (χ2v) is 7.10. The molecule has 1 amide bonds. The molecule has 0 saturated carbocycles. The Morgan fingerprint density at radius 1 is 1.36 bits per heavy atom. The van der Waals surface area contributed by atoms with E-state index in [1.54, 1.807) is 0 Å². The molecule has 1 saturated heterocycles. The Balaban J connectivity index is 1.86. The highest BCUT2D eigenvalue weighted by atomic mass is 16.6. The number of ether oxygens (including phenoxy) is 1. The van der Waals surface area contributed by atoms with Crippen LogP contribution in [0.25, 0.3) is 0 Å². The minimum absolute atomic E-state index is 0.198. The molecule has 2 rings (SSSR count). The van der Waals surface area contributed by atoms with E-state index in [2.05, 4.69) is 11.1 Å². The molecule has 2 heterocycles. The molecule has 0 bridgehead atoms. The fraction of sp³-hybridized carbons (Fsp3) is 0.647. The van der Waals surface area contributed by atoms with Crippen molar-refractivity contribution >= 4 is 11.9 Å². The molecule has 0 spiro atoms. The summed E-state index contributed by atoms with van der Waals surface area (Å²) in [7, 11) is 0. The average Bonchev–Trinajstić information content (AvgIpc) is 2.41. The fourth-order valence-electron chi connectivity index (χ4n) is 2.78. The first-order valence-corrected chi connectivity index (χ1v) is 7.94. The maximum atomic E-state index is 12.1. The molecular formula is C17H27N3O2. The summed E-state index contributed by atoms with van der Waals surface area (Å²) in [4.78, 5) is 18.2. The van der Waals surface area contributed by atoms with Gasteiger partial charge in [0.2, 0.25) is 0 Å². The SMILES string of the molecule is Cc1nc(N)ccc1CC1CCN(C(=O)OC(C)(C)C)CC1. The zero-order valence-electron chi connectivity index (χ0n) is 14.1. The van der Waals surface area contributed by atoms with Crippen LogP contribution in [0.5, 0.6) is 0 Å². The normalized spacial score (nSPS) is 16.6. The van der Waals surface area contributed by atoms with Gasteiger partial charge in [0.05, 0.1) is 0 Å². The molecule has 0 aliphatic carbocycles. The molecule has 0 atom stereocenters. The molecule has 0 radical (unpaired) electrons. The van der Waals surface area contributed by atoms with Gasteiger partial charge in [0, 0.05) is 18.8 Å². The summed E-state index contributed by atoms with van der Waals surface area (Å²) in [6.07, 6.45) is 2.81. The van der Waals surface area contributed by atoms with E-state index in [4.69, 9.17) is 10.5 Å². The molecule has 2 N–H and O–H groups in total. The number of hydrogen-bond acceptors (Lipinski definition) is 4. The zero-order chi connectivity index (χ0) is 16.3. The summed E-state index contributed by atoms with van der Waals surface area (Å²) in [6.45, 7) is 9.22. The summed E-state index contributed by atoms with van der Waals surface area (Å²) in [5, 5.41) is 0. The minimum Gasteiger partial charge on any atom is -0.444 e. The molecule has 0 unspecified atom stereocenters. The third kappa shape index (κ3) is 4.61. The number of amides is 1. The number of rotatable bonds is 2. The molecule has 1 aromatic rings. The standard InChI is InChI=1S/C17H27N3O2/c1-12-14(5-6-15(18)19-12)11-13-7-9-20(10-8-13)16(21)22-17(2,3)4/h5-6,13H,7-11H2,1-4H3,(H2,18,19). The van der Waals surface area contributed by atoms with Crippen molar-refractivity contribution in [1.29, 1.82) is 0 Å². The van der Waals surface area contributed by atoms with Crippen LogP contribution in [0.1, 0.15) is 44.9 Å². The molecule has 22 heavy (non-hydrogen) atoms. The number of aryl methyl sites for hydroxylation is 1. The Morgan fingerprint density at radius 2 is 2.00 bits per heavy atom. The molecule has 1 fully saturated rings. The predicted octanol–water partition coefficient (Wildman–Crippen LogP) is 3.16. The molecule has 1 aliphatic rings. The number of nitrogens with two attached hydrogens (primary N) is 1. The highest BCUT2D eigenvalue weighted by Crippen LogP contribution is 2.24. The van der Waals surface area contributed by atoms with E-state index >= 15 is 0 Å². The van der Waals surface area contributed by atoms with Gasteiger partial charge in [0.1, 0.15) is 11.4 Å². The van der Waals surface area contributed by atoms with E-state index in [-0.39, 0.29) is 6.09 Å². The van der Waals surface area contributed by atoms with Crippen LogP contribution in [0, 0.1) is 12.8 Å². The summed E-state index contributed by atoms with van der Waals surface area (Å²) >= 11 is 0. The van der Waals surface area contributed by atoms with Gasteiger partial charge >= 0.3 is 6.09 Å². The topological polar surface area (TPSA) is 68.5 Å². The van der Waals surface area contributed by atoms with Gasteiger partial charge in [0.15, 0.2) is 0 Å². The van der Waals surface area contributed by atoms with E-state index in [1.165, 1.54) is 5.56 Å². The number of pyridine rings is 1. The zero-order valence-corrected chi connectivity index (χ0v) is 14.1. The minimum atomic E-state index is -0.430. The first-order chi connectivity index (χ1) is 10.2. The van der Waals surface area contributed by atoms with Crippen LogP contribution >= 0.6 is 0 Å². The summed E-state index contributed by atoms with van der Waals surface area (Å²) in [5.41, 5.74) is 7.53. The van der Waals surface area contributed by atoms with E-state index in [1.807, 2.05) is 38.7 Å². The fourth-order valence-corrected chi connectivity index (χ4v) is 2.78. The first kappa shape index (κ1) is 16.6. The van der Waals surface area contributed by atoms with Gasteiger partial charge in [0.25, 0.3) is 0 Å². The number of nitrogens with zero attached hydrogens (tertiary/aromatic N) is 2. The monoisotopic (exact) mass is 305 g/mol. The highest BCUT2D eigenvalue weighted by Gasteiger charge is 2.27.